The topological polar surface area (TPSA) is 166 Å². The summed E-state index contributed by atoms with van der Waals surface area (Å²) in [5.41, 5.74) is 7.65. The standard InChI is InChI=1S/C18H25N4O9P/c1-4-27-16(25)11(2)6-8-28-32(26)29-10-13-15(31-32)18(3,20-21-19)17(30-13)22-7-5-12(23)9-14(22)24/h5,7,11,13,15,17H,4,6,8-10H2,1-3H3/t11?,13-,15-,17-,18-,32+/m1/s1. The molecule has 0 N–H and O–H groups in total. The molecule has 3 aliphatic heterocycles. The first-order valence-corrected chi connectivity index (χ1v) is 11.6. The maximum absolute atomic E-state index is 13.0. The number of carbonyl (C=O) groups excluding carboxylic acids is 3. The van der Waals surface area contributed by atoms with Crippen LogP contribution in [0.25, 0.3) is 10.4 Å². The predicted octanol–water partition coefficient (Wildman–Crippen LogP) is 2.22. The first-order chi connectivity index (χ1) is 15.1. The van der Waals surface area contributed by atoms with Crippen LogP contribution in [0.4, 0.5) is 0 Å². The molecule has 0 spiro atoms. The molecular weight excluding hydrogens is 447 g/mol. The lowest BCUT2D eigenvalue weighted by molar-refractivity contribution is -0.148. The van der Waals surface area contributed by atoms with Gasteiger partial charge in [-0.25, -0.2) is 4.57 Å². The van der Waals surface area contributed by atoms with Crippen LogP contribution in [0.3, 0.4) is 0 Å². The van der Waals surface area contributed by atoms with E-state index in [0.29, 0.717) is 0 Å². The Hall–Kier alpha value is -2.27. The number of phosphoric ester groups is 1. The quantitative estimate of drug-likeness (QED) is 0.128. The van der Waals surface area contributed by atoms with Crippen molar-refractivity contribution in [1.82, 2.24) is 4.90 Å². The molecule has 2 saturated heterocycles. The van der Waals surface area contributed by atoms with Crippen molar-refractivity contribution in [3.8, 4) is 0 Å². The minimum Gasteiger partial charge on any atom is -0.466 e. The molecule has 0 aromatic carbocycles. The van der Waals surface area contributed by atoms with E-state index >= 15 is 0 Å². The van der Waals surface area contributed by atoms with Gasteiger partial charge in [0, 0.05) is 11.1 Å². The average Bonchev–Trinajstić information content (AvgIpc) is 3.00. The maximum Gasteiger partial charge on any atom is 0.475 e. The SMILES string of the molecule is CCOC(=O)C(C)CCO[P@@]1(=O)OC[C@H]2O[C@@H](N3C=CC(=O)CC3=O)[C@](C)(N=[N+]=[N-])[C@@H]2O1. The first-order valence-electron chi connectivity index (χ1n) is 10.1. The minimum absolute atomic E-state index is 0.105. The number of hydrogen-bond donors (Lipinski definition) is 0. The van der Waals surface area contributed by atoms with Gasteiger partial charge in [0.15, 0.2) is 12.0 Å². The Morgan fingerprint density at radius 3 is 2.91 bits per heavy atom. The van der Waals surface area contributed by atoms with Crippen LogP contribution < -0.4 is 0 Å². The van der Waals surface area contributed by atoms with Crippen LogP contribution in [0.2, 0.25) is 0 Å². The number of ketones is 1. The lowest BCUT2D eigenvalue weighted by atomic mass is 9.92. The van der Waals surface area contributed by atoms with Crippen molar-refractivity contribution in [2.45, 2.75) is 57.6 Å². The highest BCUT2D eigenvalue weighted by Gasteiger charge is 2.62. The molecular formula is C18H25N4O9P. The van der Waals surface area contributed by atoms with Crippen LogP contribution in [0.5, 0.6) is 0 Å². The summed E-state index contributed by atoms with van der Waals surface area (Å²) in [6.07, 6.45) is -0.617. The summed E-state index contributed by atoms with van der Waals surface area (Å²) in [5, 5.41) is 3.79. The predicted molar refractivity (Wildman–Crippen MR) is 107 cm³/mol. The molecule has 32 heavy (non-hydrogen) atoms. The summed E-state index contributed by atoms with van der Waals surface area (Å²) in [7, 11) is -4.07. The summed E-state index contributed by atoms with van der Waals surface area (Å²) >= 11 is 0. The number of hydrogen-bond acceptors (Lipinski definition) is 10. The highest BCUT2D eigenvalue weighted by Crippen LogP contribution is 2.58. The molecule has 1 unspecified atom stereocenters. The van der Waals surface area contributed by atoms with E-state index in [2.05, 4.69) is 10.0 Å². The van der Waals surface area contributed by atoms with E-state index in [9.17, 15) is 18.9 Å². The number of carbonyl (C=O) groups is 3. The van der Waals surface area contributed by atoms with Crippen LogP contribution in [0, 0.1) is 5.92 Å². The van der Waals surface area contributed by atoms with E-state index < -0.39 is 49.6 Å². The van der Waals surface area contributed by atoms with Gasteiger partial charge < -0.3 is 9.47 Å². The summed E-state index contributed by atoms with van der Waals surface area (Å²) in [4.78, 5) is 39.6. The zero-order valence-electron chi connectivity index (χ0n) is 17.9. The number of fused-ring (bicyclic) bond motifs is 1. The summed E-state index contributed by atoms with van der Waals surface area (Å²) in [5.74, 6) is -1.78. The molecule has 14 heteroatoms. The van der Waals surface area contributed by atoms with Gasteiger partial charge in [0.25, 0.3) is 0 Å². The van der Waals surface area contributed by atoms with Crippen LogP contribution in [-0.4, -0.2) is 66.4 Å². The Bertz CT molecular complexity index is 905. The molecule has 0 aromatic heterocycles. The second kappa shape index (κ2) is 9.70. The van der Waals surface area contributed by atoms with E-state index in [1.807, 2.05) is 0 Å². The highest BCUT2D eigenvalue weighted by atomic mass is 31.2. The number of ether oxygens (including phenoxy) is 2. The molecule has 0 radical (unpaired) electrons. The van der Waals surface area contributed by atoms with Gasteiger partial charge in [-0.2, -0.15) is 0 Å². The van der Waals surface area contributed by atoms with Crippen molar-refractivity contribution < 1.29 is 42.0 Å². The van der Waals surface area contributed by atoms with E-state index in [1.54, 1.807) is 13.8 Å². The highest BCUT2D eigenvalue weighted by molar-refractivity contribution is 7.48. The number of phosphoric acid groups is 1. The van der Waals surface area contributed by atoms with E-state index in [-0.39, 0.29) is 38.4 Å². The molecule has 3 heterocycles. The number of esters is 1. The van der Waals surface area contributed by atoms with Crippen molar-refractivity contribution in [2.75, 3.05) is 19.8 Å². The summed E-state index contributed by atoms with van der Waals surface area (Å²) < 4.78 is 40.0. The van der Waals surface area contributed by atoms with E-state index in [4.69, 9.17) is 28.6 Å². The molecule has 6 atom stereocenters. The van der Waals surface area contributed by atoms with Gasteiger partial charge in [-0.05, 0) is 31.9 Å². The van der Waals surface area contributed by atoms with Crippen molar-refractivity contribution in [1.29, 1.82) is 0 Å². The minimum atomic E-state index is -4.07. The fraction of sp³-hybridized carbons (Fsp3) is 0.722. The number of azide groups is 1. The van der Waals surface area contributed by atoms with Gasteiger partial charge >= 0.3 is 13.8 Å². The molecule has 0 aliphatic carbocycles. The maximum atomic E-state index is 13.0. The molecule has 3 aliphatic rings. The monoisotopic (exact) mass is 472 g/mol. The fourth-order valence-corrected chi connectivity index (χ4v) is 5.13. The lowest BCUT2D eigenvalue weighted by Crippen LogP contribution is -2.53. The van der Waals surface area contributed by atoms with E-state index in [0.717, 1.165) is 4.90 Å². The number of nitrogens with zero attached hydrogens (tertiary/aromatic N) is 4. The Kier molecular flexibility index (Phi) is 7.39. The van der Waals surface area contributed by atoms with E-state index in [1.165, 1.54) is 19.2 Å². The Balaban J connectivity index is 1.72. The van der Waals surface area contributed by atoms with Crippen molar-refractivity contribution >= 4 is 25.5 Å². The number of allylic oxidation sites excluding steroid dienone is 1. The zero-order chi connectivity index (χ0) is 23.5. The summed E-state index contributed by atoms with van der Waals surface area (Å²) in [6.45, 7) is 4.79. The van der Waals surface area contributed by atoms with Gasteiger partial charge in [0.05, 0.1) is 32.2 Å². The molecule has 2 fully saturated rings. The van der Waals surface area contributed by atoms with Gasteiger partial charge in [0.2, 0.25) is 5.91 Å². The molecule has 176 valence electrons. The molecule has 0 saturated carbocycles. The Morgan fingerprint density at radius 2 is 2.25 bits per heavy atom. The van der Waals surface area contributed by atoms with Crippen LogP contribution in [-0.2, 0) is 42.0 Å². The molecule has 3 rings (SSSR count). The van der Waals surface area contributed by atoms with Gasteiger partial charge in [-0.1, -0.05) is 12.0 Å². The largest absolute Gasteiger partial charge is 0.475 e. The smallest absolute Gasteiger partial charge is 0.466 e. The Morgan fingerprint density at radius 1 is 1.50 bits per heavy atom. The number of rotatable bonds is 8. The second-order valence-corrected chi connectivity index (χ2v) is 9.37. The second-order valence-electron chi connectivity index (χ2n) is 7.75. The van der Waals surface area contributed by atoms with Gasteiger partial charge in [0.1, 0.15) is 17.7 Å². The average molecular weight is 472 g/mol. The van der Waals surface area contributed by atoms with Crippen LogP contribution in [0.15, 0.2) is 17.4 Å². The van der Waals surface area contributed by atoms with Crippen molar-refractivity contribution in [2.24, 2.45) is 11.0 Å². The van der Waals surface area contributed by atoms with Crippen LogP contribution in [0.1, 0.15) is 33.6 Å². The number of amides is 1. The first kappa shape index (κ1) is 24.4. The summed E-state index contributed by atoms with van der Waals surface area (Å²) in [6, 6.07) is 0. The zero-order valence-corrected chi connectivity index (χ0v) is 18.8. The van der Waals surface area contributed by atoms with Gasteiger partial charge in [-0.15, -0.1) is 0 Å². The fourth-order valence-electron chi connectivity index (χ4n) is 3.64. The molecule has 0 aromatic rings. The third-order valence-electron chi connectivity index (χ3n) is 5.39. The molecule has 1 amide bonds. The van der Waals surface area contributed by atoms with Crippen molar-refractivity contribution in [3.05, 3.63) is 22.7 Å². The Labute approximate surface area is 184 Å². The normalized spacial score (nSPS) is 35.2. The van der Waals surface area contributed by atoms with Crippen LogP contribution >= 0.6 is 7.82 Å². The third-order valence-corrected chi connectivity index (χ3v) is 6.84. The van der Waals surface area contributed by atoms with Crippen molar-refractivity contribution in [3.63, 3.8) is 0 Å². The lowest BCUT2D eigenvalue weighted by Gasteiger charge is -2.37. The van der Waals surface area contributed by atoms with Gasteiger partial charge in [-0.3, -0.25) is 32.9 Å². The third kappa shape index (κ3) is 4.88. The molecule has 13 nitrogen and oxygen atoms in total. The molecule has 0 bridgehead atoms.